The number of nitrogens with two attached hydrogens (primary N) is 1. The molecule has 1 fully saturated rings. The second-order valence-electron chi connectivity index (χ2n) is 5.43. The quantitative estimate of drug-likeness (QED) is 0.906. The number of benzene rings is 2. The Kier molecular flexibility index (Phi) is 3.70. The molecule has 0 heterocycles. The summed E-state index contributed by atoms with van der Waals surface area (Å²) in [5, 5.41) is 2.29. The Bertz CT molecular complexity index is 619. The Morgan fingerprint density at radius 3 is 2.60 bits per heavy atom. The van der Waals surface area contributed by atoms with Gasteiger partial charge in [0.25, 0.3) is 5.91 Å². The van der Waals surface area contributed by atoms with Crippen molar-refractivity contribution < 1.29 is 4.79 Å². The van der Waals surface area contributed by atoms with E-state index in [2.05, 4.69) is 6.07 Å². The first-order valence-corrected chi connectivity index (χ1v) is 7.29. The van der Waals surface area contributed by atoms with Crippen molar-refractivity contribution in [1.82, 2.24) is 4.90 Å². The summed E-state index contributed by atoms with van der Waals surface area (Å²) >= 11 is 0. The van der Waals surface area contributed by atoms with Crippen LogP contribution in [0.4, 0.5) is 0 Å². The van der Waals surface area contributed by atoms with Crippen LogP contribution in [0, 0.1) is 0 Å². The maximum atomic E-state index is 12.7. The van der Waals surface area contributed by atoms with Gasteiger partial charge >= 0.3 is 0 Å². The van der Waals surface area contributed by atoms with Crippen LogP contribution in [0.15, 0.2) is 42.5 Å². The van der Waals surface area contributed by atoms with E-state index in [-0.39, 0.29) is 5.91 Å². The zero-order chi connectivity index (χ0) is 13.9. The predicted octanol–water partition coefficient (Wildman–Crippen LogP) is 2.79. The summed E-state index contributed by atoms with van der Waals surface area (Å²) in [7, 11) is 0. The molecule has 0 aliphatic heterocycles. The lowest BCUT2D eigenvalue weighted by Crippen LogP contribution is -2.34. The zero-order valence-corrected chi connectivity index (χ0v) is 11.6. The average Bonchev–Trinajstić information content (AvgIpc) is 3.32. The van der Waals surface area contributed by atoms with E-state index in [4.69, 9.17) is 5.73 Å². The van der Waals surface area contributed by atoms with Crippen LogP contribution < -0.4 is 5.73 Å². The number of amides is 1. The van der Waals surface area contributed by atoms with Gasteiger partial charge in [-0.15, -0.1) is 0 Å². The fourth-order valence-corrected chi connectivity index (χ4v) is 2.59. The Labute approximate surface area is 119 Å². The van der Waals surface area contributed by atoms with E-state index in [1.54, 1.807) is 0 Å². The van der Waals surface area contributed by atoms with Gasteiger partial charge in [-0.05, 0) is 48.7 Å². The molecule has 0 saturated heterocycles. The molecule has 2 aromatic rings. The van der Waals surface area contributed by atoms with Crippen LogP contribution in [-0.4, -0.2) is 29.9 Å². The summed E-state index contributed by atoms with van der Waals surface area (Å²) in [6.45, 7) is 1.40. The standard InChI is InChI=1S/C17H20N2O/c18-10-3-11-19(16-8-9-16)17(20)15-7-6-13-4-1-2-5-14(13)12-15/h1-2,4-7,12,16H,3,8-11,18H2. The number of carbonyl (C=O) groups is 1. The normalized spacial score (nSPS) is 14.4. The highest BCUT2D eigenvalue weighted by Gasteiger charge is 2.32. The van der Waals surface area contributed by atoms with E-state index in [1.807, 2.05) is 41.3 Å². The van der Waals surface area contributed by atoms with Crippen LogP contribution in [-0.2, 0) is 0 Å². The maximum Gasteiger partial charge on any atom is 0.254 e. The molecule has 3 heteroatoms. The molecule has 0 aromatic heterocycles. The van der Waals surface area contributed by atoms with Crippen LogP contribution in [0.1, 0.15) is 29.6 Å². The lowest BCUT2D eigenvalue weighted by molar-refractivity contribution is 0.0742. The summed E-state index contributed by atoms with van der Waals surface area (Å²) in [5.41, 5.74) is 6.36. The Balaban J connectivity index is 1.86. The summed E-state index contributed by atoms with van der Waals surface area (Å²) < 4.78 is 0. The third-order valence-electron chi connectivity index (χ3n) is 3.85. The van der Waals surface area contributed by atoms with Gasteiger partial charge in [0.05, 0.1) is 0 Å². The molecule has 1 aliphatic rings. The lowest BCUT2D eigenvalue weighted by atomic mass is 10.1. The van der Waals surface area contributed by atoms with Gasteiger partial charge in [-0.3, -0.25) is 4.79 Å². The summed E-state index contributed by atoms with van der Waals surface area (Å²) in [6.07, 6.45) is 3.13. The summed E-state index contributed by atoms with van der Waals surface area (Å²) in [5.74, 6) is 0.145. The van der Waals surface area contributed by atoms with Gasteiger partial charge in [-0.25, -0.2) is 0 Å². The van der Waals surface area contributed by atoms with Crippen LogP contribution >= 0.6 is 0 Å². The lowest BCUT2D eigenvalue weighted by Gasteiger charge is -2.22. The van der Waals surface area contributed by atoms with E-state index >= 15 is 0 Å². The molecule has 0 spiro atoms. The van der Waals surface area contributed by atoms with Gasteiger partial charge in [-0.1, -0.05) is 30.3 Å². The van der Waals surface area contributed by atoms with Gasteiger partial charge in [0.1, 0.15) is 0 Å². The predicted molar refractivity (Wildman–Crippen MR) is 81.7 cm³/mol. The van der Waals surface area contributed by atoms with Gasteiger partial charge in [0.15, 0.2) is 0 Å². The maximum absolute atomic E-state index is 12.7. The Hall–Kier alpha value is -1.87. The number of fused-ring (bicyclic) bond motifs is 1. The third-order valence-corrected chi connectivity index (χ3v) is 3.85. The van der Waals surface area contributed by atoms with Crippen LogP contribution in [0.25, 0.3) is 10.8 Å². The zero-order valence-electron chi connectivity index (χ0n) is 11.6. The number of hydrogen-bond acceptors (Lipinski definition) is 2. The van der Waals surface area contributed by atoms with E-state index in [1.165, 1.54) is 5.39 Å². The highest BCUT2D eigenvalue weighted by Crippen LogP contribution is 2.29. The van der Waals surface area contributed by atoms with Crippen molar-refractivity contribution in [3.63, 3.8) is 0 Å². The second kappa shape index (κ2) is 5.63. The van der Waals surface area contributed by atoms with Crippen molar-refractivity contribution in [2.75, 3.05) is 13.1 Å². The second-order valence-corrected chi connectivity index (χ2v) is 5.43. The van der Waals surface area contributed by atoms with Crippen LogP contribution in [0.2, 0.25) is 0 Å². The van der Waals surface area contributed by atoms with Gasteiger partial charge < -0.3 is 10.6 Å². The van der Waals surface area contributed by atoms with Crippen molar-refractivity contribution in [2.45, 2.75) is 25.3 Å². The first kappa shape index (κ1) is 13.1. The molecule has 1 aliphatic carbocycles. The number of nitrogens with zero attached hydrogens (tertiary/aromatic N) is 1. The topological polar surface area (TPSA) is 46.3 Å². The molecule has 3 nitrogen and oxygen atoms in total. The van der Waals surface area contributed by atoms with E-state index in [0.717, 1.165) is 36.8 Å². The summed E-state index contributed by atoms with van der Waals surface area (Å²) in [4.78, 5) is 14.7. The van der Waals surface area contributed by atoms with Gasteiger partial charge in [-0.2, -0.15) is 0 Å². The van der Waals surface area contributed by atoms with Crippen molar-refractivity contribution in [3.05, 3.63) is 48.0 Å². The van der Waals surface area contributed by atoms with Crippen molar-refractivity contribution >= 4 is 16.7 Å². The van der Waals surface area contributed by atoms with E-state index in [9.17, 15) is 4.79 Å². The first-order valence-electron chi connectivity index (χ1n) is 7.29. The molecule has 0 radical (unpaired) electrons. The molecule has 0 unspecified atom stereocenters. The minimum absolute atomic E-state index is 0.145. The molecule has 0 atom stereocenters. The van der Waals surface area contributed by atoms with Crippen molar-refractivity contribution in [2.24, 2.45) is 5.73 Å². The highest BCUT2D eigenvalue weighted by atomic mass is 16.2. The smallest absolute Gasteiger partial charge is 0.254 e. The molecule has 3 rings (SSSR count). The molecular weight excluding hydrogens is 248 g/mol. The van der Waals surface area contributed by atoms with Crippen LogP contribution in [0.5, 0.6) is 0 Å². The van der Waals surface area contributed by atoms with E-state index in [0.29, 0.717) is 12.6 Å². The fourth-order valence-electron chi connectivity index (χ4n) is 2.59. The SMILES string of the molecule is NCCCN(C(=O)c1ccc2ccccc2c1)C1CC1. The minimum atomic E-state index is 0.145. The Morgan fingerprint density at radius 2 is 1.90 bits per heavy atom. The number of hydrogen-bond donors (Lipinski definition) is 1. The Morgan fingerprint density at radius 1 is 1.15 bits per heavy atom. The number of carbonyl (C=O) groups excluding carboxylic acids is 1. The van der Waals surface area contributed by atoms with Gasteiger partial charge in [0.2, 0.25) is 0 Å². The molecule has 104 valence electrons. The van der Waals surface area contributed by atoms with Crippen molar-refractivity contribution in [3.8, 4) is 0 Å². The molecule has 20 heavy (non-hydrogen) atoms. The van der Waals surface area contributed by atoms with E-state index < -0.39 is 0 Å². The third kappa shape index (κ3) is 2.68. The molecule has 2 aromatic carbocycles. The number of rotatable bonds is 5. The molecule has 1 amide bonds. The molecule has 2 N–H and O–H groups in total. The van der Waals surface area contributed by atoms with Gasteiger partial charge in [0, 0.05) is 18.2 Å². The molecular formula is C17H20N2O. The average molecular weight is 268 g/mol. The monoisotopic (exact) mass is 268 g/mol. The van der Waals surface area contributed by atoms with Crippen molar-refractivity contribution in [1.29, 1.82) is 0 Å². The first-order chi connectivity index (χ1) is 9.79. The molecule has 1 saturated carbocycles. The highest BCUT2D eigenvalue weighted by molar-refractivity contribution is 5.98. The largest absolute Gasteiger partial charge is 0.336 e. The summed E-state index contributed by atoms with van der Waals surface area (Å²) in [6, 6.07) is 14.5. The van der Waals surface area contributed by atoms with Crippen LogP contribution in [0.3, 0.4) is 0 Å². The fraction of sp³-hybridized carbons (Fsp3) is 0.353. The minimum Gasteiger partial charge on any atom is -0.336 e. The molecule has 0 bridgehead atoms.